The van der Waals surface area contributed by atoms with E-state index in [1.54, 1.807) is 0 Å². The van der Waals surface area contributed by atoms with E-state index in [2.05, 4.69) is 16.0 Å². The first-order valence-electron chi connectivity index (χ1n) is 7.35. The van der Waals surface area contributed by atoms with Crippen LogP contribution >= 0.6 is 0 Å². The van der Waals surface area contributed by atoms with Gasteiger partial charge in [-0.2, -0.15) is 0 Å². The number of nitrogens with one attached hydrogen (secondary N) is 3. The van der Waals surface area contributed by atoms with Crippen LogP contribution in [0.15, 0.2) is 66.4 Å². The van der Waals surface area contributed by atoms with Crippen molar-refractivity contribution in [2.45, 2.75) is 13.0 Å². The van der Waals surface area contributed by atoms with Gasteiger partial charge < -0.3 is 16.0 Å². The Kier molecular flexibility index (Phi) is 4.10. The van der Waals surface area contributed by atoms with E-state index in [-0.39, 0.29) is 11.9 Å². The van der Waals surface area contributed by atoms with Gasteiger partial charge in [-0.3, -0.25) is 4.79 Å². The van der Waals surface area contributed by atoms with Gasteiger partial charge in [0.1, 0.15) is 0 Å². The summed E-state index contributed by atoms with van der Waals surface area (Å²) in [6, 6.07) is 18.3. The Balaban J connectivity index is 2.14. The lowest BCUT2D eigenvalue weighted by atomic mass is 9.97. The molecule has 23 heavy (non-hydrogen) atoms. The zero-order chi connectivity index (χ0) is 16.2. The molecule has 0 bridgehead atoms. The smallest absolute Gasteiger partial charge is 0.320 e. The number of rotatable bonds is 3. The fourth-order valence-corrected chi connectivity index (χ4v) is 2.62. The topological polar surface area (TPSA) is 70.2 Å². The Hall–Kier alpha value is -3.08. The van der Waals surface area contributed by atoms with Crippen molar-refractivity contribution in [2.24, 2.45) is 0 Å². The van der Waals surface area contributed by atoms with Crippen LogP contribution in [0.3, 0.4) is 0 Å². The first kappa shape index (κ1) is 14.8. The fraction of sp³-hybridized carbons (Fsp3) is 0.111. The lowest BCUT2D eigenvalue weighted by molar-refractivity contribution is -0.118. The van der Waals surface area contributed by atoms with E-state index in [0.717, 1.165) is 11.1 Å². The lowest BCUT2D eigenvalue weighted by Gasteiger charge is -2.30. The van der Waals surface area contributed by atoms with Crippen molar-refractivity contribution in [3.05, 3.63) is 77.5 Å². The Bertz CT molecular complexity index is 754. The molecule has 0 saturated heterocycles. The lowest BCUT2D eigenvalue weighted by Crippen LogP contribution is -2.47. The van der Waals surface area contributed by atoms with Gasteiger partial charge in [0.2, 0.25) is 5.91 Å². The molecule has 1 aliphatic rings. The molecule has 116 valence electrons. The van der Waals surface area contributed by atoms with Crippen LogP contribution in [0.1, 0.15) is 24.1 Å². The van der Waals surface area contributed by atoms with Crippen molar-refractivity contribution in [3.8, 4) is 0 Å². The minimum absolute atomic E-state index is 0.188. The van der Waals surface area contributed by atoms with Crippen molar-refractivity contribution in [3.63, 3.8) is 0 Å². The van der Waals surface area contributed by atoms with E-state index in [0.29, 0.717) is 11.4 Å². The van der Waals surface area contributed by atoms with Crippen molar-refractivity contribution in [1.82, 2.24) is 16.0 Å². The number of hydrogen-bond donors (Lipinski definition) is 3. The molecule has 0 radical (unpaired) electrons. The largest absolute Gasteiger partial charge is 0.326 e. The standard InChI is InChI=1S/C18H17N3O2/c1-12(22)19-17-15(13-8-4-2-5-9-13)20-18(23)21-16(17)14-10-6-3-7-11-14/h2-11,15H,1H3,(H,19,22)(H2,20,21,23). The number of amides is 3. The molecule has 3 amide bonds. The SMILES string of the molecule is CC(=O)NC1=C(c2ccccc2)NC(=O)NC1c1ccccc1. The number of carbonyl (C=O) groups excluding carboxylic acids is 2. The Morgan fingerprint density at radius 1 is 1.00 bits per heavy atom. The summed E-state index contributed by atoms with van der Waals surface area (Å²) in [5, 5.41) is 8.53. The summed E-state index contributed by atoms with van der Waals surface area (Å²) < 4.78 is 0. The second-order valence-corrected chi connectivity index (χ2v) is 5.28. The van der Waals surface area contributed by atoms with Crippen LogP contribution in [0.4, 0.5) is 4.79 Å². The van der Waals surface area contributed by atoms with Crippen LogP contribution in [0.5, 0.6) is 0 Å². The van der Waals surface area contributed by atoms with Crippen LogP contribution in [0.2, 0.25) is 0 Å². The predicted octanol–water partition coefficient (Wildman–Crippen LogP) is 2.55. The third kappa shape index (κ3) is 3.23. The Morgan fingerprint density at radius 3 is 2.22 bits per heavy atom. The molecule has 1 atom stereocenters. The normalized spacial score (nSPS) is 17.3. The average molecular weight is 307 g/mol. The highest BCUT2D eigenvalue weighted by atomic mass is 16.2. The third-order valence-corrected chi connectivity index (χ3v) is 3.58. The third-order valence-electron chi connectivity index (χ3n) is 3.58. The summed E-state index contributed by atoms with van der Waals surface area (Å²) in [6.07, 6.45) is 0. The molecular weight excluding hydrogens is 290 g/mol. The summed E-state index contributed by atoms with van der Waals surface area (Å²) in [6.45, 7) is 1.45. The van der Waals surface area contributed by atoms with Gasteiger partial charge in [0.25, 0.3) is 0 Å². The van der Waals surface area contributed by atoms with Crippen LogP contribution < -0.4 is 16.0 Å². The number of urea groups is 1. The van der Waals surface area contributed by atoms with Crippen molar-refractivity contribution >= 4 is 17.6 Å². The molecule has 3 rings (SSSR count). The summed E-state index contributed by atoms with van der Waals surface area (Å²) in [5.41, 5.74) is 2.99. The highest BCUT2D eigenvalue weighted by Gasteiger charge is 2.29. The first-order valence-corrected chi connectivity index (χ1v) is 7.35. The molecular formula is C18H17N3O2. The van der Waals surface area contributed by atoms with Gasteiger partial charge >= 0.3 is 6.03 Å². The molecule has 5 heteroatoms. The van der Waals surface area contributed by atoms with Gasteiger partial charge in [-0.1, -0.05) is 60.7 Å². The van der Waals surface area contributed by atoms with Gasteiger partial charge in [0, 0.05) is 6.92 Å². The maximum atomic E-state index is 12.1. The molecule has 0 spiro atoms. The molecule has 0 fully saturated rings. The molecule has 0 aromatic heterocycles. The maximum absolute atomic E-state index is 12.1. The molecule has 2 aromatic carbocycles. The molecule has 0 saturated carbocycles. The summed E-state index contributed by atoms with van der Waals surface area (Å²) in [5.74, 6) is -0.188. The van der Waals surface area contributed by atoms with Gasteiger partial charge in [-0.15, -0.1) is 0 Å². The zero-order valence-corrected chi connectivity index (χ0v) is 12.7. The molecule has 1 heterocycles. The summed E-state index contributed by atoms with van der Waals surface area (Å²) >= 11 is 0. The average Bonchev–Trinajstić information content (AvgIpc) is 2.57. The minimum atomic E-state index is -0.413. The van der Waals surface area contributed by atoms with Crippen LogP contribution in [0, 0.1) is 0 Å². The summed E-state index contributed by atoms with van der Waals surface area (Å²) in [4.78, 5) is 23.8. The van der Waals surface area contributed by atoms with Crippen molar-refractivity contribution in [1.29, 1.82) is 0 Å². The van der Waals surface area contributed by atoms with E-state index in [4.69, 9.17) is 0 Å². The number of benzene rings is 2. The van der Waals surface area contributed by atoms with Gasteiger partial charge in [0.15, 0.2) is 0 Å². The van der Waals surface area contributed by atoms with Crippen molar-refractivity contribution < 1.29 is 9.59 Å². The van der Waals surface area contributed by atoms with E-state index in [1.807, 2.05) is 60.7 Å². The number of hydrogen-bond acceptors (Lipinski definition) is 2. The molecule has 1 unspecified atom stereocenters. The number of carbonyl (C=O) groups is 2. The maximum Gasteiger partial charge on any atom is 0.320 e. The molecule has 5 nitrogen and oxygen atoms in total. The monoisotopic (exact) mass is 307 g/mol. The van der Waals surface area contributed by atoms with Crippen LogP contribution in [-0.4, -0.2) is 11.9 Å². The van der Waals surface area contributed by atoms with Crippen molar-refractivity contribution in [2.75, 3.05) is 0 Å². The van der Waals surface area contributed by atoms with E-state index >= 15 is 0 Å². The van der Waals surface area contributed by atoms with Crippen LogP contribution in [-0.2, 0) is 4.79 Å². The summed E-state index contributed by atoms with van der Waals surface area (Å²) in [7, 11) is 0. The highest BCUT2D eigenvalue weighted by molar-refractivity contribution is 5.92. The zero-order valence-electron chi connectivity index (χ0n) is 12.7. The molecule has 3 N–H and O–H groups in total. The van der Waals surface area contributed by atoms with Crippen LogP contribution in [0.25, 0.3) is 5.70 Å². The first-order chi connectivity index (χ1) is 11.1. The minimum Gasteiger partial charge on any atom is -0.326 e. The van der Waals surface area contributed by atoms with Gasteiger partial charge in [-0.25, -0.2) is 4.79 Å². The Labute approximate surface area is 134 Å². The van der Waals surface area contributed by atoms with Gasteiger partial charge in [0.05, 0.1) is 17.4 Å². The molecule has 2 aromatic rings. The fourth-order valence-electron chi connectivity index (χ4n) is 2.62. The second kappa shape index (κ2) is 6.36. The highest BCUT2D eigenvalue weighted by Crippen LogP contribution is 2.29. The van der Waals surface area contributed by atoms with E-state index < -0.39 is 6.04 Å². The van der Waals surface area contributed by atoms with E-state index in [1.165, 1.54) is 6.92 Å². The molecule has 1 aliphatic heterocycles. The Morgan fingerprint density at radius 2 is 1.61 bits per heavy atom. The quantitative estimate of drug-likeness (QED) is 0.815. The van der Waals surface area contributed by atoms with Gasteiger partial charge in [-0.05, 0) is 11.1 Å². The molecule has 0 aliphatic carbocycles. The predicted molar refractivity (Wildman–Crippen MR) is 88.0 cm³/mol. The second-order valence-electron chi connectivity index (χ2n) is 5.28. The van der Waals surface area contributed by atoms with E-state index in [9.17, 15) is 9.59 Å².